The van der Waals surface area contributed by atoms with E-state index in [2.05, 4.69) is 10.2 Å². The molecule has 2 amide bonds. The molecule has 7 heteroatoms. The first-order valence-corrected chi connectivity index (χ1v) is 8.95. The minimum absolute atomic E-state index is 0.0149. The normalized spacial score (nSPS) is 29.9. The first-order chi connectivity index (χ1) is 11.3. The Kier molecular flexibility index (Phi) is 5.88. The highest BCUT2D eigenvalue weighted by Crippen LogP contribution is 2.50. The monoisotopic (exact) mass is 340 g/mol. The molecule has 2 unspecified atom stereocenters. The summed E-state index contributed by atoms with van der Waals surface area (Å²) in [7, 11) is 0. The van der Waals surface area contributed by atoms with Crippen molar-refractivity contribution in [3.05, 3.63) is 0 Å². The molecule has 138 valence electrons. The summed E-state index contributed by atoms with van der Waals surface area (Å²) in [6, 6.07) is 0. The van der Waals surface area contributed by atoms with Gasteiger partial charge in [0.15, 0.2) is 0 Å². The number of nitrogens with zero attached hydrogens (tertiary/aromatic N) is 2. The number of hydrogen-bond acceptors (Lipinski definition) is 5. The lowest BCUT2D eigenvalue weighted by Gasteiger charge is -2.59. The van der Waals surface area contributed by atoms with E-state index in [1.807, 2.05) is 32.6 Å². The molecule has 7 nitrogen and oxygen atoms in total. The number of rotatable bonds is 6. The molecule has 1 aliphatic carbocycles. The summed E-state index contributed by atoms with van der Waals surface area (Å²) in [4.78, 5) is 28.5. The van der Waals surface area contributed by atoms with Crippen molar-refractivity contribution in [2.75, 3.05) is 45.9 Å². The summed E-state index contributed by atoms with van der Waals surface area (Å²) >= 11 is 0. The van der Waals surface area contributed by atoms with Gasteiger partial charge in [-0.3, -0.25) is 14.5 Å². The predicted octanol–water partition coefficient (Wildman–Crippen LogP) is -0.201. The van der Waals surface area contributed by atoms with Crippen LogP contribution in [-0.2, 0) is 14.3 Å². The van der Waals surface area contributed by atoms with Gasteiger partial charge in [-0.05, 0) is 13.8 Å². The molecule has 1 saturated carbocycles. The lowest BCUT2D eigenvalue weighted by molar-refractivity contribution is -0.180. The van der Waals surface area contributed by atoms with Gasteiger partial charge < -0.3 is 20.7 Å². The molecule has 2 fully saturated rings. The van der Waals surface area contributed by atoms with Crippen LogP contribution < -0.4 is 11.1 Å². The molecule has 0 aromatic heterocycles. The summed E-state index contributed by atoms with van der Waals surface area (Å²) in [6.45, 7) is 12.2. The number of carbonyl (C=O) groups excluding carboxylic acids is 2. The van der Waals surface area contributed by atoms with Crippen molar-refractivity contribution < 1.29 is 14.3 Å². The topological polar surface area (TPSA) is 87.9 Å². The zero-order valence-corrected chi connectivity index (χ0v) is 15.4. The van der Waals surface area contributed by atoms with Crippen LogP contribution in [0.4, 0.5) is 0 Å². The summed E-state index contributed by atoms with van der Waals surface area (Å²) in [6.07, 6.45) is 0.613. The fourth-order valence-corrected chi connectivity index (χ4v) is 3.65. The summed E-state index contributed by atoms with van der Waals surface area (Å²) in [5, 5.41) is 2.80. The van der Waals surface area contributed by atoms with Crippen LogP contribution >= 0.6 is 0 Å². The van der Waals surface area contributed by atoms with Crippen molar-refractivity contribution in [3.8, 4) is 0 Å². The fraction of sp³-hybridized carbons (Fsp3) is 0.882. The predicted molar refractivity (Wildman–Crippen MR) is 92.4 cm³/mol. The van der Waals surface area contributed by atoms with Crippen LogP contribution in [0.2, 0.25) is 0 Å². The second-order valence-electron chi connectivity index (χ2n) is 7.36. The van der Waals surface area contributed by atoms with E-state index in [1.54, 1.807) is 0 Å². The highest BCUT2D eigenvalue weighted by Gasteiger charge is 2.63. The van der Waals surface area contributed by atoms with Crippen molar-refractivity contribution in [2.45, 2.75) is 45.8 Å². The minimum atomic E-state index is -0.853. The van der Waals surface area contributed by atoms with Gasteiger partial charge in [-0.25, -0.2) is 0 Å². The SMILES string of the molecule is CCNC(=O)CN1CCN(C(=O)C2(N)CC(OCC)C2(C)C)CC1. The van der Waals surface area contributed by atoms with Crippen LogP contribution in [0.15, 0.2) is 0 Å². The maximum Gasteiger partial charge on any atom is 0.243 e. The number of ether oxygens (including phenoxy) is 1. The van der Waals surface area contributed by atoms with E-state index in [4.69, 9.17) is 10.5 Å². The molecule has 2 rings (SSSR count). The Balaban J connectivity index is 1.88. The quantitative estimate of drug-likeness (QED) is 0.699. The number of piperazine rings is 1. The third-order valence-corrected chi connectivity index (χ3v) is 5.61. The van der Waals surface area contributed by atoms with E-state index in [0.29, 0.717) is 52.3 Å². The molecule has 2 atom stereocenters. The summed E-state index contributed by atoms with van der Waals surface area (Å²) < 4.78 is 5.71. The van der Waals surface area contributed by atoms with E-state index < -0.39 is 5.54 Å². The fourth-order valence-electron chi connectivity index (χ4n) is 3.65. The molecule has 1 saturated heterocycles. The maximum atomic E-state index is 12.9. The van der Waals surface area contributed by atoms with Gasteiger partial charge in [0.1, 0.15) is 5.54 Å². The van der Waals surface area contributed by atoms with Crippen molar-refractivity contribution in [3.63, 3.8) is 0 Å². The zero-order chi connectivity index (χ0) is 18.0. The molecule has 1 aliphatic heterocycles. The van der Waals surface area contributed by atoms with Crippen LogP contribution in [-0.4, -0.2) is 79.1 Å². The lowest BCUT2D eigenvalue weighted by Crippen LogP contribution is -2.76. The second kappa shape index (κ2) is 7.37. The number of amides is 2. The Hall–Kier alpha value is -1.18. The van der Waals surface area contributed by atoms with Crippen LogP contribution in [0.1, 0.15) is 34.1 Å². The molecule has 3 N–H and O–H groups in total. The third kappa shape index (κ3) is 3.43. The Morgan fingerprint density at radius 2 is 1.83 bits per heavy atom. The molecule has 0 aromatic carbocycles. The van der Waals surface area contributed by atoms with Crippen molar-refractivity contribution in [2.24, 2.45) is 11.1 Å². The van der Waals surface area contributed by atoms with Crippen molar-refractivity contribution in [1.29, 1.82) is 0 Å². The van der Waals surface area contributed by atoms with E-state index in [0.717, 1.165) is 0 Å². The van der Waals surface area contributed by atoms with E-state index in [1.165, 1.54) is 0 Å². The van der Waals surface area contributed by atoms with Crippen LogP contribution in [0.25, 0.3) is 0 Å². The summed E-state index contributed by atoms with van der Waals surface area (Å²) in [5.74, 6) is 0.0494. The molecule has 0 spiro atoms. The molecule has 24 heavy (non-hydrogen) atoms. The maximum absolute atomic E-state index is 12.9. The number of nitrogens with one attached hydrogen (secondary N) is 1. The van der Waals surface area contributed by atoms with Gasteiger partial charge in [-0.2, -0.15) is 0 Å². The zero-order valence-electron chi connectivity index (χ0n) is 15.4. The van der Waals surface area contributed by atoms with Crippen LogP contribution in [0.5, 0.6) is 0 Å². The van der Waals surface area contributed by atoms with E-state index in [9.17, 15) is 9.59 Å². The Bertz CT molecular complexity index is 474. The second-order valence-corrected chi connectivity index (χ2v) is 7.36. The highest BCUT2D eigenvalue weighted by molar-refractivity contribution is 5.89. The third-order valence-electron chi connectivity index (χ3n) is 5.61. The van der Waals surface area contributed by atoms with Crippen LogP contribution in [0.3, 0.4) is 0 Å². The highest BCUT2D eigenvalue weighted by atomic mass is 16.5. The number of carbonyl (C=O) groups is 2. The minimum Gasteiger partial charge on any atom is -0.378 e. The van der Waals surface area contributed by atoms with Gasteiger partial charge in [0.2, 0.25) is 11.8 Å². The molecule has 2 aliphatic rings. The van der Waals surface area contributed by atoms with Gasteiger partial charge in [-0.15, -0.1) is 0 Å². The van der Waals surface area contributed by atoms with Gasteiger partial charge in [0, 0.05) is 51.2 Å². The molecular weight excluding hydrogens is 308 g/mol. The van der Waals surface area contributed by atoms with E-state index in [-0.39, 0.29) is 23.3 Å². The van der Waals surface area contributed by atoms with Gasteiger partial charge in [0.25, 0.3) is 0 Å². The Labute approximate surface area is 144 Å². The standard InChI is InChI=1S/C17H32N4O3/c1-5-19-14(22)12-20-7-9-21(10-8-20)15(23)17(18)11-13(24-6-2)16(17,3)4/h13H,5-12,18H2,1-4H3,(H,19,22). The number of likely N-dealkylation sites (N-methyl/N-ethyl adjacent to an activating group) is 1. The van der Waals surface area contributed by atoms with Gasteiger partial charge >= 0.3 is 0 Å². The molecular formula is C17H32N4O3. The molecule has 1 heterocycles. The van der Waals surface area contributed by atoms with E-state index >= 15 is 0 Å². The number of hydrogen-bond donors (Lipinski definition) is 2. The van der Waals surface area contributed by atoms with Crippen molar-refractivity contribution in [1.82, 2.24) is 15.1 Å². The lowest BCUT2D eigenvalue weighted by atomic mass is 9.54. The molecule has 0 radical (unpaired) electrons. The first kappa shape index (κ1) is 19.1. The van der Waals surface area contributed by atoms with Crippen LogP contribution in [0, 0.1) is 5.41 Å². The Morgan fingerprint density at radius 1 is 1.21 bits per heavy atom. The average Bonchev–Trinajstić information content (AvgIpc) is 2.54. The van der Waals surface area contributed by atoms with Crippen molar-refractivity contribution >= 4 is 11.8 Å². The average molecular weight is 340 g/mol. The molecule has 0 bridgehead atoms. The molecule has 0 aromatic rings. The smallest absolute Gasteiger partial charge is 0.243 e. The van der Waals surface area contributed by atoms with Gasteiger partial charge in [-0.1, -0.05) is 13.8 Å². The van der Waals surface area contributed by atoms with Gasteiger partial charge in [0.05, 0.1) is 12.6 Å². The number of nitrogens with two attached hydrogens (primary N) is 1. The Morgan fingerprint density at radius 3 is 2.33 bits per heavy atom. The largest absolute Gasteiger partial charge is 0.378 e. The summed E-state index contributed by atoms with van der Waals surface area (Å²) in [5.41, 5.74) is 5.27. The first-order valence-electron chi connectivity index (χ1n) is 8.95.